The predicted octanol–water partition coefficient (Wildman–Crippen LogP) is 4.23. The molecule has 1 N–H and O–H groups in total. The second-order valence-electron chi connectivity index (χ2n) is 8.44. The zero-order valence-electron chi connectivity index (χ0n) is 16.8. The molecule has 0 spiro atoms. The van der Waals surface area contributed by atoms with Crippen LogP contribution in [0.25, 0.3) is 0 Å². The summed E-state index contributed by atoms with van der Waals surface area (Å²) in [5.41, 5.74) is 0.804. The van der Waals surface area contributed by atoms with E-state index in [9.17, 15) is 18.0 Å². The maximum atomic E-state index is 13.9. The first-order chi connectivity index (χ1) is 14.8. The van der Waals surface area contributed by atoms with E-state index >= 15 is 0 Å². The fraction of sp³-hybridized carbons (Fsp3) is 0.524. The molecule has 5 rings (SSSR count). The lowest BCUT2D eigenvalue weighted by Crippen LogP contribution is -2.52. The van der Waals surface area contributed by atoms with Gasteiger partial charge in [-0.2, -0.15) is 18.3 Å². The summed E-state index contributed by atoms with van der Waals surface area (Å²) < 4.78 is 43.1. The summed E-state index contributed by atoms with van der Waals surface area (Å²) in [7, 11) is 0. The van der Waals surface area contributed by atoms with Crippen LogP contribution >= 0.6 is 15.9 Å². The number of carbonyl (C=O) groups excluding carboxylic acids is 1. The van der Waals surface area contributed by atoms with Crippen LogP contribution in [0.1, 0.15) is 47.4 Å². The van der Waals surface area contributed by atoms with E-state index in [0.29, 0.717) is 23.6 Å². The number of carbonyl (C=O) groups is 1. The van der Waals surface area contributed by atoms with Crippen LogP contribution < -0.4 is 5.32 Å². The zero-order chi connectivity index (χ0) is 21.8. The molecular weight excluding hydrogens is 475 g/mol. The second-order valence-corrected chi connectivity index (χ2v) is 9.23. The van der Waals surface area contributed by atoms with E-state index in [1.54, 1.807) is 29.2 Å². The van der Waals surface area contributed by atoms with Gasteiger partial charge < -0.3 is 10.2 Å². The lowest BCUT2D eigenvalue weighted by Gasteiger charge is -2.37. The van der Waals surface area contributed by atoms with Gasteiger partial charge in [-0.25, -0.2) is 4.68 Å². The number of hydrogen-bond donors (Lipinski definition) is 1. The van der Waals surface area contributed by atoms with E-state index in [-0.39, 0.29) is 23.8 Å². The molecule has 2 fully saturated rings. The number of piperazine rings is 1. The SMILES string of the molecule is O=C(c1nn2c(c1Br)N[C@H](c1ccccc1)C[C@H]2C(F)(F)F)N1CCN2CCC[C@H]2C1. The summed E-state index contributed by atoms with van der Waals surface area (Å²) in [6.45, 7) is 3.00. The Labute approximate surface area is 186 Å². The Bertz CT molecular complexity index is 979. The van der Waals surface area contributed by atoms with Crippen molar-refractivity contribution in [2.45, 2.75) is 43.6 Å². The standard InChI is InChI=1S/C21H23BrF3N5O/c22-17-18(20(31)29-10-9-28-8-4-7-14(28)12-29)27-30-16(21(23,24)25)11-15(26-19(17)30)13-5-2-1-3-6-13/h1-3,5-6,14-16,26H,4,7-12H2/t14-,15-,16-/m0/s1. The molecule has 0 radical (unpaired) electrons. The quantitative estimate of drug-likeness (QED) is 0.674. The Hall–Kier alpha value is -2.07. The maximum Gasteiger partial charge on any atom is 0.410 e. The van der Waals surface area contributed by atoms with E-state index in [1.807, 2.05) is 6.07 Å². The number of amides is 1. The number of halogens is 4. The molecule has 166 valence electrons. The van der Waals surface area contributed by atoms with Gasteiger partial charge in [0.15, 0.2) is 11.7 Å². The van der Waals surface area contributed by atoms with Gasteiger partial charge in [-0.3, -0.25) is 9.69 Å². The number of benzene rings is 1. The third kappa shape index (κ3) is 3.73. The Morgan fingerprint density at radius 1 is 1.16 bits per heavy atom. The van der Waals surface area contributed by atoms with Crippen LogP contribution in [0.5, 0.6) is 0 Å². The van der Waals surface area contributed by atoms with Crippen molar-refractivity contribution in [1.29, 1.82) is 0 Å². The number of aromatic nitrogens is 2. The number of anilines is 1. The van der Waals surface area contributed by atoms with E-state index < -0.39 is 18.3 Å². The van der Waals surface area contributed by atoms with Crippen molar-refractivity contribution in [2.75, 3.05) is 31.5 Å². The first kappa shape index (κ1) is 20.8. The van der Waals surface area contributed by atoms with E-state index in [4.69, 9.17) is 0 Å². The van der Waals surface area contributed by atoms with Gasteiger partial charge in [0, 0.05) is 32.1 Å². The molecule has 3 atom stereocenters. The van der Waals surface area contributed by atoms with Crippen LogP contribution in [0.3, 0.4) is 0 Å². The molecule has 31 heavy (non-hydrogen) atoms. The molecular formula is C21H23BrF3N5O. The van der Waals surface area contributed by atoms with Gasteiger partial charge in [0.05, 0.1) is 10.5 Å². The molecule has 3 aliphatic heterocycles. The van der Waals surface area contributed by atoms with Gasteiger partial charge in [0.1, 0.15) is 5.82 Å². The highest BCUT2D eigenvalue weighted by Gasteiger charge is 2.48. The van der Waals surface area contributed by atoms with Gasteiger partial charge in [0.2, 0.25) is 0 Å². The normalized spacial score (nSPS) is 26.3. The molecule has 2 aromatic rings. The summed E-state index contributed by atoms with van der Waals surface area (Å²) in [6.07, 6.45) is -2.51. The summed E-state index contributed by atoms with van der Waals surface area (Å²) in [6, 6.07) is 7.04. The van der Waals surface area contributed by atoms with Crippen LogP contribution in [0, 0.1) is 0 Å². The molecule has 4 heterocycles. The third-order valence-electron chi connectivity index (χ3n) is 6.57. The average molecular weight is 498 g/mol. The van der Waals surface area contributed by atoms with Crippen LogP contribution in [0.15, 0.2) is 34.8 Å². The molecule has 6 nitrogen and oxygen atoms in total. The number of nitrogens with zero attached hydrogens (tertiary/aromatic N) is 4. The minimum atomic E-state index is -4.48. The molecule has 10 heteroatoms. The summed E-state index contributed by atoms with van der Waals surface area (Å²) >= 11 is 3.38. The van der Waals surface area contributed by atoms with Crippen LogP contribution in [-0.4, -0.2) is 63.9 Å². The minimum absolute atomic E-state index is 0.0388. The van der Waals surface area contributed by atoms with Crippen molar-refractivity contribution in [3.05, 3.63) is 46.1 Å². The fourth-order valence-corrected chi connectivity index (χ4v) is 5.50. The van der Waals surface area contributed by atoms with Crippen LogP contribution in [0.4, 0.5) is 19.0 Å². The van der Waals surface area contributed by atoms with Crippen molar-refractivity contribution in [2.24, 2.45) is 0 Å². The summed E-state index contributed by atoms with van der Waals surface area (Å²) in [5.74, 6) is -0.121. The molecule has 1 aromatic heterocycles. The van der Waals surface area contributed by atoms with Crippen molar-refractivity contribution in [3.8, 4) is 0 Å². The average Bonchev–Trinajstić information content (AvgIpc) is 3.36. The number of nitrogens with one attached hydrogen (secondary N) is 1. The van der Waals surface area contributed by atoms with Gasteiger partial charge in [0.25, 0.3) is 5.91 Å². The second kappa shape index (κ2) is 7.81. The summed E-state index contributed by atoms with van der Waals surface area (Å²) in [4.78, 5) is 17.3. The fourth-order valence-electron chi connectivity index (χ4n) is 4.96. The highest BCUT2D eigenvalue weighted by Crippen LogP contribution is 2.46. The first-order valence-electron chi connectivity index (χ1n) is 10.5. The molecule has 1 amide bonds. The highest BCUT2D eigenvalue weighted by atomic mass is 79.9. The van der Waals surface area contributed by atoms with Gasteiger partial charge in [-0.05, 0) is 40.9 Å². The highest BCUT2D eigenvalue weighted by molar-refractivity contribution is 9.10. The van der Waals surface area contributed by atoms with E-state index in [1.165, 1.54) is 0 Å². The zero-order valence-corrected chi connectivity index (χ0v) is 18.4. The maximum absolute atomic E-state index is 13.9. The lowest BCUT2D eigenvalue weighted by atomic mass is 9.97. The Balaban J connectivity index is 1.47. The largest absolute Gasteiger partial charge is 0.410 e. The predicted molar refractivity (Wildman–Crippen MR) is 113 cm³/mol. The van der Waals surface area contributed by atoms with Crippen LogP contribution in [0.2, 0.25) is 0 Å². The van der Waals surface area contributed by atoms with Crippen molar-refractivity contribution >= 4 is 27.7 Å². The molecule has 0 bridgehead atoms. The minimum Gasteiger partial charge on any atom is -0.362 e. The Kier molecular flexibility index (Phi) is 5.24. The van der Waals surface area contributed by atoms with Gasteiger partial charge in [-0.1, -0.05) is 30.3 Å². The third-order valence-corrected chi connectivity index (χ3v) is 7.33. The van der Waals surface area contributed by atoms with Crippen molar-refractivity contribution < 1.29 is 18.0 Å². The van der Waals surface area contributed by atoms with Gasteiger partial charge in [-0.15, -0.1) is 0 Å². The van der Waals surface area contributed by atoms with Crippen molar-refractivity contribution in [1.82, 2.24) is 19.6 Å². The first-order valence-corrected chi connectivity index (χ1v) is 11.3. The number of rotatable bonds is 2. The molecule has 2 saturated heterocycles. The molecule has 0 saturated carbocycles. The number of alkyl halides is 3. The number of fused-ring (bicyclic) bond motifs is 2. The van der Waals surface area contributed by atoms with Crippen molar-refractivity contribution in [3.63, 3.8) is 0 Å². The monoisotopic (exact) mass is 497 g/mol. The Morgan fingerprint density at radius 2 is 1.94 bits per heavy atom. The topological polar surface area (TPSA) is 53.4 Å². The number of hydrogen-bond acceptors (Lipinski definition) is 4. The van der Waals surface area contributed by atoms with E-state index in [2.05, 4.69) is 31.2 Å². The Morgan fingerprint density at radius 3 is 2.68 bits per heavy atom. The van der Waals surface area contributed by atoms with E-state index in [0.717, 1.165) is 36.2 Å². The van der Waals surface area contributed by atoms with Crippen LogP contribution in [-0.2, 0) is 0 Å². The summed E-state index contributed by atoms with van der Waals surface area (Å²) in [5, 5.41) is 7.34. The lowest BCUT2D eigenvalue weighted by molar-refractivity contribution is -0.173. The molecule has 0 aliphatic carbocycles. The molecule has 3 aliphatic rings. The van der Waals surface area contributed by atoms with Gasteiger partial charge >= 0.3 is 6.18 Å². The molecule has 1 aromatic carbocycles. The molecule has 0 unspecified atom stereocenters. The smallest absolute Gasteiger partial charge is 0.362 e.